The summed E-state index contributed by atoms with van der Waals surface area (Å²) in [4.78, 5) is 19.3. The normalized spacial score (nSPS) is 23.2. The van der Waals surface area contributed by atoms with Gasteiger partial charge < -0.3 is 9.79 Å². The van der Waals surface area contributed by atoms with Crippen molar-refractivity contribution < 1.29 is 18.9 Å². The van der Waals surface area contributed by atoms with E-state index in [9.17, 15) is 18.9 Å². The van der Waals surface area contributed by atoms with Gasteiger partial charge in [-0.25, -0.2) is 0 Å². The van der Waals surface area contributed by atoms with E-state index in [1.165, 1.54) is 6.92 Å². The highest BCUT2D eigenvalue weighted by Gasteiger charge is 2.44. The number of hydrogen-bond acceptors (Lipinski definition) is 2. The van der Waals surface area contributed by atoms with Crippen molar-refractivity contribution >= 4 is 14.7 Å². The first-order chi connectivity index (χ1) is 6.04. The molecule has 14 heavy (non-hydrogen) atoms. The van der Waals surface area contributed by atoms with E-state index in [-0.39, 0.29) is 0 Å². The summed E-state index contributed by atoms with van der Waals surface area (Å²) in [6.45, 7) is 7.77. The van der Waals surface area contributed by atoms with Crippen molar-refractivity contribution in [3.8, 4) is 0 Å². The fraction of sp³-hybridized carbons (Fsp3) is 1.00. The van der Waals surface area contributed by atoms with Crippen LogP contribution in [-0.2, 0) is 9.13 Å². The minimum Gasteiger partial charge on any atom is -0.344 e. The van der Waals surface area contributed by atoms with Gasteiger partial charge >= 0.3 is 0 Å². The Morgan fingerprint density at radius 3 is 1.14 bits per heavy atom. The maximum absolute atomic E-state index is 11.8. The molecular formula is C8H20O4P2. The molecular weight excluding hydrogens is 222 g/mol. The lowest BCUT2D eigenvalue weighted by Gasteiger charge is -2.28. The van der Waals surface area contributed by atoms with E-state index in [0.717, 1.165) is 0 Å². The Bertz CT molecular complexity index is 257. The Kier molecular flexibility index (Phi) is 4.61. The van der Waals surface area contributed by atoms with Gasteiger partial charge in [0.2, 0.25) is 14.7 Å². The number of rotatable bonds is 4. The van der Waals surface area contributed by atoms with Gasteiger partial charge in [0, 0.05) is 11.3 Å². The van der Waals surface area contributed by atoms with Gasteiger partial charge in [0.15, 0.2) is 0 Å². The predicted molar refractivity (Wildman–Crippen MR) is 59.4 cm³/mol. The molecule has 86 valence electrons. The second kappa shape index (κ2) is 4.49. The van der Waals surface area contributed by atoms with Crippen molar-refractivity contribution in [1.29, 1.82) is 0 Å². The molecule has 2 unspecified atom stereocenters. The van der Waals surface area contributed by atoms with Gasteiger partial charge in [-0.05, 0) is 6.92 Å². The third kappa shape index (κ3) is 2.70. The van der Waals surface area contributed by atoms with Crippen molar-refractivity contribution in [3.05, 3.63) is 0 Å². The Labute approximate surface area is 85.6 Å². The first-order valence-electron chi connectivity index (χ1n) is 4.68. The topological polar surface area (TPSA) is 74.6 Å². The Hall–Kier alpha value is 0.380. The van der Waals surface area contributed by atoms with Crippen LogP contribution in [0.4, 0.5) is 0 Å². The fourth-order valence-electron chi connectivity index (χ4n) is 1.10. The van der Waals surface area contributed by atoms with Crippen molar-refractivity contribution in [2.75, 3.05) is 0 Å². The molecule has 0 aromatic carbocycles. The molecule has 0 spiro atoms. The summed E-state index contributed by atoms with van der Waals surface area (Å²) in [7, 11) is -7.09. The standard InChI is InChI=1S/C8H20O4P2/c1-6(2)13(9,10)8(5)14(11,12)7(3)4/h6-8H,1-5H3,(H,9,10)(H,11,12). The van der Waals surface area contributed by atoms with Crippen molar-refractivity contribution in [2.45, 2.75) is 51.3 Å². The minimum absolute atomic E-state index is 0.475. The summed E-state index contributed by atoms with van der Waals surface area (Å²) >= 11 is 0. The molecule has 0 rings (SSSR count). The monoisotopic (exact) mass is 242 g/mol. The fourth-order valence-corrected chi connectivity index (χ4v) is 6.32. The van der Waals surface area contributed by atoms with Crippen LogP contribution in [0.15, 0.2) is 0 Å². The summed E-state index contributed by atoms with van der Waals surface area (Å²) in [6.07, 6.45) is 0. The van der Waals surface area contributed by atoms with E-state index < -0.39 is 31.5 Å². The van der Waals surface area contributed by atoms with E-state index in [1.54, 1.807) is 27.7 Å². The maximum atomic E-state index is 11.8. The predicted octanol–water partition coefficient (Wildman–Crippen LogP) is 2.69. The Morgan fingerprint density at radius 2 is 1.00 bits per heavy atom. The minimum atomic E-state index is -3.54. The molecule has 0 saturated heterocycles. The maximum Gasteiger partial charge on any atom is 0.215 e. The molecule has 2 atom stereocenters. The zero-order valence-corrected chi connectivity index (χ0v) is 11.1. The SMILES string of the molecule is CC(C)P(=O)(O)C(C)P(=O)(O)C(C)C. The van der Waals surface area contributed by atoms with Crippen molar-refractivity contribution in [3.63, 3.8) is 0 Å². The van der Waals surface area contributed by atoms with Gasteiger partial charge in [-0.15, -0.1) is 0 Å². The largest absolute Gasteiger partial charge is 0.344 e. The second-order valence-electron chi connectivity index (χ2n) is 4.16. The zero-order valence-electron chi connectivity index (χ0n) is 9.34. The van der Waals surface area contributed by atoms with Gasteiger partial charge in [-0.2, -0.15) is 0 Å². The van der Waals surface area contributed by atoms with E-state index >= 15 is 0 Å². The van der Waals surface area contributed by atoms with Crippen LogP contribution in [0.3, 0.4) is 0 Å². The summed E-state index contributed by atoms with van der Waals surface area (Å²) in [5, 5.41) is -1.03. The molecule has 0 radical (unpaired) electrons. The first kappa shape index (κ1) is 14.4. The molecule has 6 heteroatoms. The molecule has 2 N–H and O–H groups in total. The smallest absolute Gasteiger partial charge is 0.215 e. The molecule has 0 saturated carbocycles. The molecule has 4 nitrogen and oxygen atoms in total. The quantitative estimate of drug-likeness (QED) is 0.743. The summed E-state index contributed by atoms with van der Waals surface area (Å²) in [5.74, 6) is 0. The van der Waals surface area contributed by atoms with Crippen LogP contribution in [0.1, 0.15) is 34.6 Å². The van der Waals surface area contributed by atoms with Gasteiger partial charge in [0.1, 0.15) is 5.40 Å². The van der Waals surface area contributed by atoms with Gasteiger partial charge in [-0.3, -0.25) is 9.13 Å². The molecule has 0 bridgehead atoms. The van der Waals surface area contributed by atoms with E-state index in [0.29, 0.717) is 0 Å². The lowest BCUT2D eigenvalue weighted by molar-refractivity contribution is 0.442. The second-order valence-corrected chi connectivity index (χ2v) is 10.9. The summed E-state index contributed by atoms with van der Waals surface area (Å²) < 4.78 is 23.6. The van der Waals surface area contributed by atoms with Crippen molar-refractivity contribution in [1.82, 2.24) is 0 Å². The molecule has 0 aliphatic rings. The highest BCUT2D eigenvalue weighted by atomic mass is 31.2. The average Bonchev–Trinajstić information content (AvgIpc) is 2.02. The first-order valence-corrected chi connectivity index (χ1v) is 8.28. The van der Waals surface area contributed by atoms with Crippen molar-refractivity contribution in [2.24, 2.45) is 0 Å². The van der Waals surface area contributed by atoms with Crippen LogP contribution in [-0.4, -0.2) is 26.5 Å². The van der Waals surface area contributed by atoms with Gasteiger partial charge in [0.05, 0.1) is 0 Å². The number of hydrogen-bond donors (Lipinski definition) is 2. The molecule has 0 aromatic rings. The molecule has 0 aliphatic heterocycles. The lowest BCUT2D eigenvalue weighted by atomic mass is 10.6. The third-order valence-corrected chi connectivity index (χ3v) is 9.64. The van der Waals surface area contributed by atoms with Crippen LogP contribution in [0, 0.1) is 0 Å². The summed E-state index contributed by atoms with van der Waals surface area (Å²) in [6, 6.07) is 0. The van der Waals surface area contributed by atoms with Crippen LogP contribution in [0.2, 0.25) is 0 Å². The third-order valence-electron chi connectivity index (χ3n) is 2.55. The van der Waals surface area contributed by atoms with E-state index in [2.05, 4.69) is 0 Å². The molecule has 0 amide bonds. The Balaban J connectivity index is 5.07. The lowest BCUT2D eigenvalue weighted by Crippen LogP contribution is -2.16. The highest BCUT2D eigenvalue weighted by Crippen LogP contribution is 2.67. The van der Waals surface area contributed by atoms with Crippen LogP contribution in [0.5, 0.6) is 0 Å². The molecule has 0 aliphatic carbocycles. The molecule has 0 aromatic heterocycles. The van der Waals surface area contributed by atoms with Crippen LogP contribution in [0.25, 0.3) is 0 Å². The van der Waals surface area contributed by atoms with Crippen LogP contribution >= 0.6 is 14.7 Å². The van der Waals surface area contributed by atoms with E-state index in [1.807, 2.05) is 0 Å². The van der Waals surface area contributed by atoms with E-state index in [4.69, 9.17) is 0 Å². The highest BCUT2D eigenvalue weighted by molar-refractivity contribution is 7.77. The average molecular weight is 242 g/mol. The van der Waals surface area contributed by atoms with Crippen LogP contribution < -0.4 is 0 Å². The summed E-state index contributed by atoms with van der Waals surface area (Å²) in [5.41, 5.74) is -0.951. The molecule has 0 fully saturated rings. The van der Waals surface area contributed by atoms with Gasteiger partial charge in [0.25, 0.3) is 0 Å². The molecule has 0 heterocycles. The Morgan fingerprint density at radius 1 is 0.786 bits per heavy atom. The van der Waals surface area contributed by atoms with Gasteiger partial charge in [-0.1, -0.05) is 27.7 Å². The zero-order chi connectivity index (χ0) is 11.7.